The van der Waals surface area contributed by atoms with E-state index in [1.54, 1.807) is 4.90 Å². The third kappa shape index (κ3) is 4.27. The van der Waals surface area contributed by atoms with Crippen LogP contribution in [0.5, 0.6) is 5.75 Å². The monoisotopic (exact) mass is 559 g/mol. The van der Waals surface area contributed by atoms with Gasteiger partial charge in [0.2, 0.25) is 0 Å². The highest BCUT2D eigenvalue weighted by molar-refractivity contribution is 5.95. The standard InChI is InChI=1S/C31H37N5O5/c32-28-22-11-20(29(38)35-8-1-2-21(15-35)41-30(33)39)12-25-27(22)23(7-9-40-25)31(28,34)26-13-19-6-5-18(16-37)10-24(19)36(26)14-17-3-4-17/h5-6,10-13,17,21,23,28,37H,1-4,7-9,14-16,32,34H2,(H2,33,39)/t21-,23?,28?,31-/m1/s1. The fourth-order valence-electron chi connectivity index (χ4n) is 7.32. The molecule has 3 aromatic rings. The normalized spacial score (nSPS) is 27.0. The minimum absolute atomic E-state index is 0.0227. The highest BCUT2D eigenvalue weighted by Gasteiger charge is 2.54. The van der Waals surface area contributed by atoms with Crippen LogP contribution in [0.15, 0.2) is 36.4 Å². The van der Waals surface area contributed by atoms with Crippen molar-refractivity contribution in [2.45, 2.75) is 68.9 Å². The highest BCUT2D eigenvalue weighted by atomic mass is 16.6. The number of hydrogen-bond donors (Lipinski definition) is 4. The Balaban J connectivity index is 1.29. The zero-order chi connectivity index (χ0) is 28.5. The number of rotatable bonds is 6. The summed E-state index contributed by atoms with van der Waals surface area (Å²) in [6.07, 6.45) is 3.24. The predicted molar refractivity (Wildman–Crippen MR) is 152 cm³/mol. The van der Waals surface area contributed by atoms with Gasteiger partial charge < -0.3 is 41.2 Å². The van der Waals surface area contributed by atoms with E-state index in [1.807, 2.05) is 24.3 Å². The van der Waals surface area contributed by atoms with Crippen molar-refractivity contribution in [2.75, 3.05) is 19.7 Å². The number of primary amides is 1. The van der Waals surface area contributed by atoms with Gasteiger partial charge in [-0.25, -0.2) is 4.79 Å². The molecule has 3 heterocycles. The molecule has 2 amide bonds. The SMILES string of the molecule is NC(=O)O[C@@H]1CCCN(C(=O)c2cc3c4c(c2)C(N)[C@](N)(c2cc5ccc(CO)cc5n2CC2CC2)C4CCO3)C1. The van der Waals surface area contributed by atoms with Crippen LogP contribution < -0.4 is 21.9 Å². The number of aliphatic hydroxyl groups excluding tert-OH is 1. The maximum Gasteiger partial charge on any atom is 0.404 e. The third-order valence-electron chi connectivity index (χ3n) is 9.54. The topological polar surface area (TPSA) is 159 Å². The molecule has 2 fully saturated rings. The average Bonchev–Trinajstić information content (AvgIpc) is 3.69. The largest absolute Gasteiger partial charge is 0.493 e. The molecule has 4 atom stereocenters. The molecule has 10 heteroatoms. The Hall–Kier alpha value is -3.60. The van der Waals surface area contributed by atoms with Gasteiger partial charge in [-0.1, -0.05) is 12.1 Å². The Bertz CT molecular complexity index is 1550. The summed E-state index contributed by atoms with van der Waals surface area (Å²) in [5.41, 5.74) is 24.2. The minimum atomic E-state index is -0.901. The maximum atomic E-state index is 13.7. The quantitative estimate of drug-likeness (QED) is 0.361. The zero-order valence-corrected chi connectivity index (χ0v) is 23.1. The van der Waals surface area contributed by atoms with Crippen molar-refractivity contribution in [3.8, 4) is 5.75 Å². The first kappa shape index (κ1) is 26.3. The van der Waals surface area contributed by atoms with Crippen LogP contribution in [0.2, 0.25) is 0 Å². The number of carbonyl (C=O) groups excluding carboxylic acids is 2. The molecular weight excluding hydrogens is 522 g/mol. The van der Waals surface area contributed by atoms with Gasteiger partial charge in [0.1, 0.15) is 11.9 Å². The number of nitrogens with zero attached hydrogens (tertiary/aromatic N) is 2. The molecular formula is C31H37N5O5. The molecule has 0 spiro atoms. The molecule has 216 valence electrons. The molecule has 2 aliphatic heterocycles. The molecule has 2 aliphatic carbocycles. The smallest absolute Gasteiger partial charge is 0.404 e. The second-order valence-electron chi connectivity index (χ2n) is 12.2. The molecule has 10 nitrogen and oxygen atoms in total. The molecule has 0 radical (unpaired) electrons. The first-order valence-electron chi connectivity index (χ1n) is 14.6. The van der Waals surface area contributed by atoms with Gasteiger partial charge in [0.25, 0.3) is 5.91 Å². The summed E-state index contributed by atoms with van der Waals surface area (Å²) in [6, 6.07) is 11.4. The Morgan fingerprint density at radius 2 is 1.95 bits per heavy atom. The van der Waals surface area contributed by atoms with Gasteiger partial charge in [-0.2, -0.15) is 0 Å². The number of carbonyl (C=O) groups is 2. The van der Waals surface area contributed by atoms with Gasteiger partial charge in [0, 0.05) is 41.3 Å². The summed E-state index contributed by atoms with van der Waals surface area (Å²) in [5, 5.41) is 10.9. The summed E-state index contributed by atoms with van der Waals surface area (Å²) in [7, 11) is 0. The molecule has 1 saturated heterocycles. The lowest BCUT2D eigenvalue weighted by Gasteiger charge is -2.38. The van der Waals surface area contributed by atoms with Crippen molar-refractivity contribution >= 4 is 22.9 Å². The van der Waals surface area contributed by atoms with Crippen molar-refractivity contribution in [2.24, 2.45) is 23.1 Å². The molecule has 2 aromatic carbocycles. The number of amides is 2. The van der Waals surface area contributed by atoms with Gasteiger partial charge in [0.05, 0.1) is 31.3 Å². The van der Waals surface area contributed by atoms with Crippen molar-refractivity contribution in [3.05, 3.63) is 64.3 Å². The number of likely N-dealkylation sites (tertiary alicyclic amines) is 1. The van der Waals surface area contributed by atoms with Crippen molar-refractivity contribution in [1.82, 2.24) is 9.47 Å². The third-order valence-corrected chi connectivity index (χ3v) is 9.54. The summed E-state index contributed by atoms with van der Waals surface area (Å²) in [6.45, 7) is 2.18. The molecule has 1 aromatic heterocycles. The van der Waals surface area contributed by atoms with Gasteiger partial charge in [-0.15, -0.1) is 0 Å². The van der Waals surface area contributed by atoms with Crippen LogP contribution in [0.25, 0.3) is 10.9 Å². The maximum absolute atomic E-state index is 13.7. The number of aromatic nitrogens is 1. The van der Waals surface area contributed by atoms with Crippen LogP contribution in [0, 0.1) is 5.92 Å². The second kappa shape index (κ2) is 9.75. The highest BCUT2D eigenvalue weighted by Crippen LogP contribution is 2.58. The number of nitrogens with two attached hydrogens (primary N) is 3. The van der Waals surface area contributed by atoms with Crippen LogP contribution in [-0.4, -0.2) is 52.4 Å². The average molecular weight is 560 g/mol. The van der Waals surface area contributed by atoms with E-state index in [2.05, 4.69) is 16.7 Å². The van der Waals surface area contributed by atoms with Gasteiger partial charge >= 0.3 is 6.09 Å². The minimum Gasteiger partial charge on any atom is -0.493 e. The van der Waals surface area contributed by atoms with Gasteiger partial charge in [0.15, 0.2) is 0 Å². The molecule has 4 aliphatic rings. The van der Waals surface area contributed by atoms with E-state index in [-0.39, 0.29) is 18.4 Å². The number of piperidine rings is 1. The molecule has 41 heavy (non-hydrogen) atoms. The van der Waals surface area contributed by atoms with Crippen LogP contribution in [0.1, 0.15) is 76.8 Å². The Kier molecular flexibility index (Phi) is 6.26. The fraction of sp³-hybridized carbons (Fsp3) is 0.484. The fourth-order valence-corrected chi connectivity index (χ4v) is 7.32. The number of ether oxygens (including phenoxy) is 2. The van der Waals surface area contributed by atoms with E-state index in [9.17, 15) is 14.7 Å². The van der Waals surface area contributed by atoms with Crippen LogP contribution in [0.3, 0.4) is 0 Å². The number of benzene rings is 2. The number of aliphatic hydroxyl groups is 1. The molecule has 1 saturated carbocycles. The molecule has 7 N–H and O–H groups in total. The first-order valence-corrected chi connectivity index (χ1v) is 14.6. The van der Waals surface area contributed by atoms with Crippen molar-refractivity contribution in [1.29, 1.82) is 0 Å². The predicted octanol–water partition coefficient (Wildman–Crippen LogP) is 2.98. The summed E-state index contributed by atoms with van der Waals surface area (Å²) < 4.78 is 13.7. The van der Waals surface area contributed by atoms with E-state index in [4.69, 9.17) is 26.7 Å². The summed E-state index contributed by atoms with van der Waals surface area (Å²) >= 11 is 0. The van der Waals surface area contributed by atoms with Crippen LogP contribution in [-0.2, 0) is 23.4 Å². The number of hydrogen-bond acceptors (Lipinski definition) is 7. The Morgan fingerprint density at radius 1 is 1.12 bits per heavy atom. The lowest BCUT2D eigenvalue weighted by atomic mass is 9.77. The summed E-state index contributed by atoms with van der Waals surface area (Å²) in [4.78, 5) is 26.7. The first-order chi connectivity index (χ1) is 19.8. The van der Waals surface area contributed by atoms with E-state index in [1.165, 1.54) is 12.8 Å². The van der Waals surface area contributed by atoms with Gasteiger partial charge in [-0.05, 0) is 78.8 Å². The van der Waals surface area contributed by atoms with Crippen LogP contribution in [0.4, 0.5) is 4.79 Å². The zero-order valence-electron chi connectivity index (χ0n) is 23.1. The molecule has 0 bridgehead atoms. The lowest BCUT2D eigenvalue weighted by Crippen LogP contribution is -2.49. The number of fused-ring (bicyclic) bond motifs is 1. The van der Waals surface area contributed by atoms with Gasteiger partial charge in [-0.3, -0.25) is 4.79 Å². The van der Waals surface area contributed by atoms with E-state index < -0.39 is 23.8 Å². The molecule has 7 rings (SSSR count). The Labute approximate surface area is 238 Å². The van der Waals surface area contributed by atoms with Crippen molar-refractivity contribution < 1.29 is 24.2 Å². The van der Waals surface area contributed by atoms with Crippen LogP contribution >= 0.6 is 0 Å². The molecule has 2 unspecified atom stereocenters. The van der Waals surface area contributed by atoms with E-state index in [0.717, 1.165) is 52.7 Å². The lowest BCUT2D eigenvalue weighted by molar-refractivity contribution is 0.0373. The van der Waals surface area contributed by atoms with Crippen molar-refractivity contribution in [3.63, 3.8) is 0 Å². The second-order valence-corrected chi connectivity index (χ2v) is 12.2. The van der Waals surface area contributed by atoms with E-state index >= 15 is 0 Å². The van der Waals surface area contributed by atoms with E-state index in [0.29, 0.717) is 43.3 Å². The summed E-state index contributed by atoms with van der Waals surface area (Å²) in [5.74, 6) is 1.04. The Morgan fingerprint density at radius 3 is 2.71 bits per heavy atom.